The minimum absolute atomic E-state index is 0. The quantitative estimate of drug-likeness (QED) is 0.442. The van der Waals surface area contributed by atoms with Crippen LogP contribution < -0.4 is 5.73 Å². The molecule has 0 atom stereocenters. The van der Waals surface area contributed by atoms with Gasteiger partial charge in [-0.2, -0.15) is 0 Å². The minimum atomic E-state index is 0. The molecule has 114 valence electrons. The zero-order valence-corrected chi connectivity index (χ0v) is 15.1. The predicted molar refractivity (Wildman–Crippen MR) is 97.6 cm³/mol. The van der Waals surface area contributed by atoms with Gasteiger partial charge in [-0.1, -0.05) is 30.3 Å². The summed E-state index contributed by atoms with van der Waals surface area (Å²) in [6, 6.07) is 10.5. The zero-order chi connectivity index (χ0) is 14.1. The standard InChI is InChI=1S/C15H26N4.HI/c1-4-19(5-2)15(16)17-11-12-18(3)13-14-9-7-6-8-10-14;/h6-10H,4-5,11-13H2,1-3H3,(H2,16,17);1H. The van der Waals surface area contributed by atoms with Crippen LogP contribution in [-0.2, 0) is 6.54 Å². The number of nitrogens with zero attached hydrogens (tertiary/aromatic N) is 3. The Morgan fingerprint density at radius 2 is 1.75 bits per heavy atom. The molecule has 2 N–H and O–H groups in total. The number of hydrogen-bond acceptors (Lipinski definition) is 2. The molecule has 0 spiro atoms. The first-order chi connectivity index (χ1) is 9.17. The van der Waals surface area contributed by atoms with Crippen molar-refractivity contribution >= 4 is 29.9 Å². The molecule has 20 heavy (non-hydrogen) atoms. The average molecular weight is 390 g/mol. The van der Waals surface area contributed by atoms with E-state index in [0.717, 1.165) is 32.7 Å². The summed E-state index contributed by atoms with van der Waals surface area (Å²) in [6.45, 7) is 8.60. The second-order valence-electron chi connectivity index (χ2n) is 4.64. The van der Waals surface area contributed by atoms with Gasteiger partial charge in [0.2, 0.25) is 0 Å². The Kier molecular flexibility index (Phi) is 10.5. The number of benzene rings is 1. The van der Waals surface area contributed by atoms with Crippen LogP contribution in [0, 0.1) is 0 Å². The Morgan fingerprint density at radius 3 is 2.30 bits per heavy atom. The van der Waals surface area contributed by atoms with Gasteiger partial charge >= 0.3 is 0 Å². The molecule has 0 fully saturated rings. The molecule has 4 nitrogen and oxygen atoms in total. The molecule has 5 heteroatoms. The maximum atomic E-state index is 5.94. The van der Waals surface area contributed by atoms with Crippen LogP contribution in [0.3, 0.4) is 0 Å². The average Bonchev–Trinajstić information content (AvgIpc) is 2.41. The number of aliphatic imine (C=N–C) groups is 1. The summed E-state index contributed by atoms with van der Waals surface area (Å²) in [5.41, 5.74) is 7.26. The van der Waals surface area contributed by atoms with Crippen molar-refractivity contribution in [3.8, 4) is 0 Å². The van der Waals surface area contributed by atoms with E-state index < -0.39 is 0 Å². The Morgan fingerprint density at radius 1 is 1.15 bits per heavy atom. The number of likely N-dealkylation sites (N-methyl/N-ethyl adjacent to an activating group) is 1. The van der Waals surface area contributed by atoms with Gasteiger partial charge in [-0.25, -0.2) is 0 Å². The Balaban J connectivity index is 0.00000361. The molecule has 1 aromatic rings. The van der Waals surface area contributed by atoms with Gasteiger partial charge < -0.3 is 15.5 Å². The molecule has 0 radical (unpaired) electrons. The fraction of sp³-hybridized carbons (Fsp3) is 0.533. The Bertz CT molecular complexity index is 377. The van der Waals surface area contributed by atoms with Gasteiger partial charge in [0.1, 0.15) is 0 Å². The van der Waals surface area contributed by atoms with Crippen molar-refractivity contribution in [2.24, 2.45) is 10.7 Å². The molecule has 0 aliphatic carbocycles. The molecule has 0 aliphatic heterocycles. The van der Waals surface area contributed by atoms with E-state index >= 15 is 0 Å². The summed E-state index contributed by atoms with van der Waals surface area (Å²) >= 11 is 0. The van der Waals surface area contributed by atoms with Crippen LogP contribution >= 0.6 is 24.0 Å². The number of guanidine groups is 1. The molecule has 0 bridgehead atoms. The van der Waals surface area contributed by atoms with Crippen LogP contribution in [-0.4, -0.2) is 49.0 Å². The van der Waals surface area contributed by atoms with Crippen molar-refractivity contribution in [1.82, 2.24) is 9.80 Å². The maximum absolute atomic E-state index is 5.94. The lowest BCUT2D eigenvalue weighted by Crippen LogP contribution is -2.37. The van der Waals surface area contributed by atoms with Gasteiger partial charge in [-0.15, -0.1) is 24.0 Å². The van der Waals surface area contributed by atoms with Crippen LogP contribution in [0.2, 0.25) is 0 Å². The molecule has 0 heterocycles. The normalized spacial score (nSPS) is 11.3. The van der Waals surface area contributed by atoms with E-state index in [9.17, 15) is 0 Å². The van der Waals surface area contributed by atoms with E-state index in [2.05, 4.69) is 60.0 Å². The Hall–Kier alpha value is -0.820. The lowest BCUT2D eigenvalue weighted by atomic mass is 10.2. The molecule has 0 saturated heterocycles. The summed E-state index contributed by atoms with van der Waals surface area (Å²) in [5, 5.41) is 0. The van der Waals surface area contributed by atoms with Gasteiger partial charge in [0.15, 0.2) is 5.96 Å². The third-order valence-electron chi connectivity index (χ3n) is 3.14. The lowest BCUT2D eigenvalue weighted by molar-refractivity contribution is 0.335. The number of hydrogen-bond donors (Lipinski definition) is 1. The summed E-state index contributed by atoms with van der Waals surface area (Å²) < 4.78 is 0. The van der Waals surface area contributed by atoms with E-state index in [1.807, 2.05) is 6.07 Å². The van der Waals surface area contributed by atoms with Crippen LogP contribution in [0.15, 0.2) is 35.3 Å². The highest BCUT2D eigenvalue weighted by molar-refractivity contribution is 14.0. The van der Waals surface area contributed by atoms with Crippen LogP contribution in [0.1, 0.15) is 19.4 Å². The fourth-order valence-corrected chi connectivity index (χ4v) is 1.96. The molecule has 1 rings (SSSR count). The van der Waals surface area contributed by atoms with Crippen LogP contribution in [0.5, 0.6) is 0 Å². The topological polar surface area (TPSA) is 44.9 Å². The number of rotatable bonds is 7. The van der Waals surface area contributed by atoms with E-state index in [1.54, 1.807) is 0 Å². The first-order valence-electron chi connectivity index (χ1n) is 6.94. The molecule has 1 aromatic carbocycles. The third kappa shape index (κ3) is 7.09. The highest BCUT2D eigenvalue weighted by Gasteiger charge is 2.02. The van der Waals surface area contributed by atoms with Crippen LogP contribution in [0.25, 0.3) is 0 Å². The summed E-state index contributed by atoms with van der Waals surface area (Å²) in [4.78, 5) is 8.75. The summed E-state index contributed by atoms with van der Waals surface area (Å²) in [5.74, 6) is 0.651. The first kappa shape index (κ1) is 19.2. The third-order valence-corrected chi connectivity index (χ3v) is 3.14. The highest BCUT2D eigenvalue weighted by Crippen LogP contribution is 2.02. The van der Waals surface area contributed by atoms with Gasteiger partial charge in [-0.3, -0.25) is 4.99 Å². The van der Waals surface area contributed by atoms with Gasteiger partial charge in [0.25, 0.3) is 0 Å². The molecule has 0 saturated carbocycles. The van der Waals surface area contributed by atoms with Crippen molar-refractivity contribution in [1.29, 1.82) is 0 Å². The molecular weight excluding hydrogens is 363 g/mol. The lowest BCUT2D eigenvalue weighted by Gasteiger charge is -2.20. The zero-order valence-electron chi connectivity index (χ0n) is 12.7. The molecule has 0 amide bonds. The van der Waals surface area contributed by atoms with Gasteiger partial charge in [0.05, 0.1) is 6.54 Å². The first-order valence-corrected chi connectivity index (χ1v) is 6.94. The smallest absolute Gasteiger partial charge is 0.191 e. The van der Waals surface area contributed by atoms with Gasteiger partial charge in [-0.05, 0) is 26.5 Å². The fourth-order valence-electron chi connectivity index (χ4n) is 1.96. The number of halogens is 1. The van der Waals surface area contributed by atoms with E-state index in [0.29, 0.717) is 5.96 Å². The molecule has 0 aliphatic rings. The maximum Gasteiger partial charge on any atom is 0.191 e. The van der Waals surface area contributed by atoms with E-state index in [1.165, 1.54) is 5.56 Å². The monoisotopic (exact) mass is 390 g/mol. The summed E-state index contributed by atoms with van der Waals surface area (Å²) in [6.07, 6.45) is 0. The molecular formula is C15H27IN4. The van der Waals surface area contributed by atoms with E-state index in [4.69, 9.17) is 5.73 Å². The molecule has 0 aromatic heterocycles. The van der Waals surface area contributed by atoms with Crippen molar-refractivity contribution < 1.29 is 0 Å². The summed E-state index contributed by atoms with van der Waals surface area (Å²) in [7, 11) is 2.11. The Labute approximate surface area is 140 Å². The van der Waals surface area contributed by atoms with Crippen molar-refractivity contribution in [2.45, 2.75) is 20.4 Å². The van der Waals surface area contributed by atoms with Crippen molar-refractivity contribution in [3.05, 3.63) is 35.9 Å². The predicted octanol–water partition coefficient (Wildman–Crippen LogP) is 2.39. The van der Waals surface area contributed by atoms with Crippen molar-refractivity contribution in [2.75, 3.05) is 33.2 Å². The highest BCUT2D eigenvalue weighted by atomic mass is 127. The molecule has 0 unspecified atom stereocenters. The largest absolute Gasteiger partial charge is 0.370 e. The van der Waals surface area contributed by atoms with Crippen molar-refractivity contribution in [3.63, 3.8) is 0 Å². The van der Waals surface area contributed by atoms with E-state index in [-0.39, 0.29) is 24.0 Å². The second kappa shape index (κ2) is 10.9. The van der Waals surface area contributed by atoms with Crippen LogP contribution in [0.4, 0.5) is 0 Å². The van der Waals surface area contributed by atoms with Gasteiger partial charge in [0, 0.05) is 26.2 Å². The SMILES string of the molecule is CCN(CC)C(N)=NCCN(C)Cc1ccccc1.I. The minimum Gasteiger partial charge on any atom is -0.370 e. The number of nitrogens with two attached hydrogens (primary N) is 1. The second-order valence-corrected chi connectivity index (χ2v) is 4.64.